The molecular weight excluding hydrogens is 438 g/mol. The van der Waals surface area contributed by atoms with Crippen LogP contribution in [0.4, 0.5) is 11.6 Å². The Hall–Kier alpha value is -3.54. The Kier molecular flexibility index (Phi) is 6.13. The monoisotopic (exact) mass is 469 g/mol. The Balaban J connectivity index is 1.33. The zero-order valence-electron chi connectivity index (χ0n) is 20.3. The number of aliphatic hydroxyl groups excluding tert-OH is 1. The lowest BCUT2D eigenvalue weighted by Crippen LogP contribution is -2.32. The summed E-state index contributed by atoms with van der Waals surface area (Å²) in [5.74, 6) is 0.453. The van der Waals surface area contributed by atoms with E-state index in [0.29, 0.717) is 29.3 Å². The smallest absolute Gasteiger partial charge is 0.227 e. The Morgan fingerprint density at radius 3 is 2.97 bits per heavy atom. The van der Waals surface area contributed by atoms with Gasteiger partial charge in [0.2, 0.25) is 5.95 Å². The second kappa shape index (κ2) is 9.25. The highest BCUT2D eigenvalue weighted by Crippen LogP contribution is 2.36. The van der Waals surface area contributed by atoms with Gasteiger partial charge in [0, 0.05) is 49.4 Å². The van der Waals surface area contributed by atoms with Gasteiger partial charge in [-0.15, -0.1) is 0 Å². The molecule has 8 nitrogen and oxygen atoms in total. The van der Waals surface area contributed by atoms with Crippen molar-refractivity contribution in [2.24, 2.45) is 5.41 Å². The first kappa shape index (κ1) is 23.2. The summed E-state index contributed by atoms with van der Waals surface area (Å²) in [4.78, 5) is 16.2. The van der Waals surface area contributed by atoms with Gasteiger partial charge in [-0.1, -0.05) is 13.5 Å². The number of fused-ring (bicyclic) bond motifs is 1. The highest BCUT2D eigenvalue weighted by molar-refractivity contribution is 5.74. The molecule has 0 aromatic carbocycles. The number of nitriles is 1. The van der Waals surface area contributed by atoms with Crippen molar-refractivity contribution in [2.45, 2.75) is 45.7 Å². The second-order valence-corrected chi connectivity index (χ2v) is 9.94. The van der Waals surface area contributed by atoms with Crippen LogP contribution in [0, 0.1) is 16.7 Å². The van der Waals surface area contributed by atoms with Crippen LogP contribution in [-0.4, -0.2) is 50.7 Å². The molecule has 0 unspecified atom stereocenters. The molecule has 1 aliphatic carbocycles. The minimum absolute atomic E-state index is 0.0199. The Morgan fingerprint density at radius 1 is 1.43 bits per heavy atom. The molecule has 1 saturated carbocycles. The topological polar surface area (TPSA) is 110 Å². The fraction of sp³-hybridized carbons (Fsp3) is 0.407. The minimum atomic E-state index is -0.378. The molecule has 180 valence electrons. The molecular formula is C27H31N7O. The SMILES string of the molecule is C=C(/C=C(/C#N)C1=C(C)[C@@](C)(CO)CN1)c1ccnc(Nc2cnc3c(c2)CN(C2CC2)CC3)n1. The summed E-state index contributed by atoms with van der Waals surface area (Å²) in [6.07, 6.45) is 8.85. The fourth-order valence-electron chi connectivity index (χ4n) is 4.73. The van der Waals surface area contributed by atoms with Crippen molar-refractivity contribution < 1.29 is 5.11 Å². The van der Waals surface area contributed by atoms with E-state index in [9.17, 15) is 10.4 Å². The highest BCUT2D eigenvalue weighted by Gasteiger charge is 2.35. The normalized spacial score (nSPS) is 22.4. The summed E-state index contributed by atoms with van der Waals surface area (Å²) < 4.78 is 0. The summed E-state index contributed by atoms with van der Waals surface area (Å²) in [7, 11) is 0. The molecule has 2 aromatic heterocycles. The van der Waals surface area contributed by atoms with Crippen LogP contribution in [-0.2, 0) is 13.0 Å². The van der Waals surface area contributed by atoms with Crippen molar-refractivity contribution in [3.8, 4) is 6.07 Å². The maximum absolute atomic E-state index is 9.79. The molecule has 1 atom stereocenters. The summed E-state index contributed by atoms with van der Waals surface area (Å²) in [6, 6.07) is 6.93. The predicted octanol–water partition coefficient (Wildman–Crippen LogP) is 3.47. The Morgan fingerprint density at radius 2 is 2.26 bits per heavy atom. The standard InChI is InChI=1S/C27H31N7O/c1-17(10-19(12-28)25-18(2)27(3,16-35)15-31-25)23-6-8-29-26(33-23)32-21-11-20-14-34(22-4-5-22)9-7-24(20)30-13-21/h6,8,10-11,13,22,31,35H,1,4-5,7,9,14-16H2,2-3H3,(H,29,32,33)/b19-10-/t27-/m1/s1. The van der Waals surface area contributed by atoms with Crippen LogP contribution in [0.1, 0.15) is 43.6 Å². The van der Waals surface area contributed by atoms with Gasteiger partial charge in [-0.05, 0) is 54.7 Å². The van der Waals surface area contributed by atoms with Gasteiger partial charge in [-0.2, -0.15) is 5.26 Å². The Labute approximate surface area is 206 Å². The molecule has 35 heavy (non-hydrogen) atoms. The third-order valence-electron chi connectivity index (χ3n) is 7.37. The zero-order chi connectivity index (χ0) is 24.6. The lowest BCUT2D eigenvalue weighted by atomic mass is 9.85. The Bertz CT molecular complexity index is 1270. The van der Waals surface area contributed by atoms with Gasteiger partial charge in [-0.3, -0.25) is 9.88 Å². The van der Waals surface area contributed by atoms with Crippen LogP contribution < -0.4 is 10.6 Å². The number of aromatic nitrogens is 3. The third kappa shape index (κ3) is 4.70. The molecule has 0 saturated heterocycles. The predicted molar refractivity (Wildman–Crippen MR) is 135 cm³/mol. The van der Waals surface area contributed by atoms with Crippen molar-refractivity contribution in [2.75, 3.05) is 25.0 Å². The van der Waals surface area contributed by atoms with E-state index in [-0.39, 0.29) is 12.0 Å². The summed E-state index contributed by atoms with van der Waals surface area (Å²) in [6.45, 7) is 10.7. The average Bonchev–Trinajstić information content (AvgIpc) is 3.68. The molecule has 2 aliphatic heterocycles. The number of hydrogen-bond acceptors (Lipinski definition) is 8. The maximum atomic E-state index is 9.79. The van der Waals surface area contributed by atoms with E-state index in [0.717, 1.165) is 42.5 Å². The number of nitrogens with zero attached hydrogens (tertiary/aromatic N) is 5. The van der Waals surface area contributed by atoms with Gasteiger partial charge >= 0.3 is 0 Å². The molecule has 8 heteroatoms. The molecule has 0 bridgehead atoms. The molecule has 0 spiro atoms. The second-order valence-electron chi connectivity index (χ2n) is 9.94. The first-order valence-electron chi connectivity index (χ1n) is 12.1. The van der Waals surface area contributed by atoms with Gasteiger partial charge in [0.1, 0.15) is 6.07 Å². The van der Waals surface area contributed by atoms with Crippen LogP contribution in [0.3, 0.4) is 0 Å². The lowest BCUT2D eigenvalue weighted by molar-refractivity contribution is 0.184. The largest absolute Gasteiger partial charge is 0.395 e. The number of anilines is 2. The molecule has 1 fully saturated rings. The highest BCUT2D eigenvalue weighted by atomic mass is 16.3. The molecule has 3 aliphatic rings. The van der Waals surface area contributed by atoms with Crippen LogP contribution in [0.2, 0.25) is 0 Å². The van der Waals surface area contributed by atoms with E-state index in [1.54, 1.807) is 18.3 Å². The summed E-state index contributed by atoms with van der Waals surface area (Å²) in [5, 5.41) is 26.1. The van der Waals surface area contributed by atoms with E-state index in [2.05, 4.69) is 49.2 Å². The van der Waals surface area contributed by atoms with E-state index >= 15 is 0 Å². The number of allylic oxidation sites excluding steroid dienone is 3. The summed E-state index contributed by atoms with van der Waals surface area (Å²) in [5.41, 5.74) is 6.33. The number of pyridine rings is 1. The van der Waals surface area contributed by atoms with Crippen molar-refractivity contribution in [1.82, 2.24) is 25.2 Å². The number of hydrogen-bond donors (Lipinski definition) is 3. The first-order chi connectivity index (χ1) is 16.9. The quantitative estimate of drug-likeness (QED) is 0.418. The minimum Gasteiger partial charge on any atom is -0.395 e. The van der Waals surface area contributed by atoms with Crippen LogP contribution in [0.25, 0.3) is 5.57 Å². The van der Waals surface area contributed by atoms with Crippen molar-refractivity contribution in [1.29, 1.82) is 5.26 Å². The number of nitrogens with one attached hydrogen (secondary N) is 2. The molecule has 0 amide bonds. The average molecular weight is 470 g/mol. The lowest BCUT2D eigenvalue weighted by Gasteiger charge is -2.28. The molecule has 0 radical (unpaired) electrons. The van der Waals surface area contributed by atoms with Gasteiger partial charge < -0.3 is 15.7 Å². The molecule has 5 rings (SSSR count). The van der Waals surface area contributed by atoms with Gasteiger partial charge in [0.25, 0.3) is 0 Å². The van der Waals surface area contributed by atoms with Crippen molar-refractivity contribution in [3.05, 3.63) is 71.0 Å². The van der Waals surface area contributed by atoms with Crippen molar-refractivity contribution in [3.63, 3.8) is 0 Å². The van der Waals surface area contributed by atoms with Gasteiger partial charge in [0.15, 0.2) is 0 Å². The van der Waals surface area contributed by atoms with Crippen LogP contribution >= 0.6 is 0 Å². The molecule has 4 heterocycles. The first-order valence-corrected chi connectivity index (χ1v) is 12.1. The van der Waals surface area contributed by atoms with Gasteiger partial charge in [-0.25, -0.2) is 9.97 Å². The third-order valence-corrected chi connectivity index (χ3v) is 7.37. The summed E-state index contributed by atoms with van der Waals surface area (Å²) >= 11 is 0. The molecule has 2 aromatic rings. The number of rotatable bonds is 7. The van der Waals surface area contributed by atoms with Gasteiger partial charge in [0.05, 0.1) is 35.5 Å². The van der Waals surface area contributed by atoms with Crippen LogP contribution in [0.5, 0.6) is 0 Å². The van der Waals surface area contributed by atoms with Crippen molar-refractivity contribution >= 4 is 17.2 Å². The fourth-order valence-corrected chi connectivity index (χ4v) is 4.73. The number of aliphatic hydroxyl groups is 1. The van der Waals surface area contributed by atoms with E-state index in [1.807, 2.05) is 20.0 Å². The maximum Gasteiger partial charge on any atom is 0.227 e. The van der Waals surface area contributed by atoms with E-state index in [4.69, 9.17) is 0 Å². The molecule has 3 N–H and O–H groups in total. The zero-order valence-corrected chi connectivity index (χ0v) is 20.3. The van der Waals surface area contributed by atoms with E-state index < -0.39 is 0 Å². The van der Waals surface area contributed by atoms with E-state index in [1.165, 1.54) is 24.1 Å². The van der Waals surface area contributed by atoms with Crippen LogP contribution in [0.15, 0.2) is 54.0 Å².